The van der Waals surface area contributed by atoms with E-state index in [1.54, 1.807) is 11.8 Å². The van der Waals surface area contributed by atoms with Gasteiger partial charge in [-0.15, -0.1) is 11.8 Å². The number of carbonyl (C=O) groups excluding carboxylic acids is 1. The van der Waals surface area contributed by atoms with Crippen molar-refractivity contribution in [1.29, 1.82) is 0 Å². The van der Waals surface area contributed by atoms with Crippen LogP contribution in [-0.2, 0) is 0 Å². The van der Waals surface area contributed by atoms with Crippen LogP contribution in [0.4, 0.5) is 0 Å². The van der Waals surface area contributed by atoms with E-state index >= 15 is 0 Å². The van der Waals surface area contributed by atoms with Gasteiger partial charge < -0.3 is 5.11 Å². The van der Waals surface area contributed by atoms with Crippen LogP contribution in [0, 0.1) is 0 Å². The molecule has 0 spiro atoms. The van der Waals surface area contributed by atoms with E-state index in [4.69, 9.17) is 5.11 Å². The van der Waals surface area contributed by atoms with Gasteiger partial charge in [0.25, 0.3) is 0 Å². The van der Waals surface area contributed by atoms with Gasteiger partial charge in [-0.25, -0.2) is 0 Å². The summed E-state index contributed by atoms with van der Waals surface area (Å²) in [5.41, 5.74) is 1.42. The quantitative estimate of drug-likeness (QED) is 0.568. The van der Waals surface area contributed by atoms with Gasteiger partial charge in [0.05, 0.1) is 6.61 Å². The first-order valence-electron chi connectivity index (χ1n) is 7.16. The summed E-state index contributed by atoms with van der Waals surface area (Å²) >= 11 is 1.58. The highest BCUT2D eigenvalue weighted by Gasteiger charge is 2.12. The van der Waals surface area contributed by atoms with Gasteiger partial charge in [0.2, 0.25) is 0 Å². The Morgan fingerprint density at radius 3 is 2.41 bits per heavy atom. The summed E-state index contributed by atoms with van der Waals surface area (Å²) in [4.78, 5) is 13.8. The highest BCUT2D eigenvalue weighted by molar-refractivity contribution is 7.99. The zero-order chi connectivity index (χ0) is 15.4. The fourth-order valence-corrected chi connectivity index (χ4v) is 3.10. The first-order valence-corrected chi connectivity index (χ1v) is 8.14. The van der Waals surface area contributed by atoms with E-state index in [1.807, 2.05) is 66.7 Å². The molecule has 0 radical (unpaired) electrons. The van der Waals surface area contributed by atoms with Crippen LogP contribution in [0.25, 0.3) is 10.8 Å². The largest absolute Gasteiger partial charge is 0.396 e. The van der Waals surface area contributed by atoms with Crippen molar-refractivity contribution in [2.24, 2.45) is 0 Å². The Kier molecular flexibility index (Phi) is 4.56. The molecule has 0 amide bonds. The molecule has 22 heavy (non-hydrogen) atoms. The topological polar surface area (TPSA) is 37.3 Å². The maximum Gasteiger partial charge on any atom is 0.193 e. The summed E-state index contributed by atoms with van der Waals surface area (Å²) in [5.74, 6) is 0.701. The average Bonchev–Trinajstić information content (AvgIpc) is 2.59. The Morgan fingerprint density at radius 2 is 1.64 bits per heavy atom. The number of hydrogen-bond acceptors (Lipinski definition) is 3. The van der Waals surface area contributed by atoms with E-state index in [-0.39, 0.29) is 12.4 Å². The lowest BCUT2D eigenvalue weighted by molar-refractivity contribution is 0.104. The van der Waals surface area contributed by atoms with Gasteiger partial charge in [0.1, 0.15) is 0 Å². The first kappa shape index (κ1) is 14.8. The molecular formula is C19H16O2S. The Balaban J connectivity index is 1.92. The highest BCUT2D eigenvalue weighted by Crippen LogP contribution is 2.23. The fourth-order valence-electron chi connectivity index (χ4n) is 2.44. The standard InChI is InChI=1S/C19H16O2S/c20-12-13-22-16-10-8-15(9-11-16)19(21)18-7-3-5-14-4-1-2-6-17(14)18/h1-11,20H,12-13H2. The second kappa shape index (κ2) is 6.77. The lowest BCUT2D eigenvalue weighted by Gasteiger charge is -2.07. The summed E-state index contributed by atoms with van der Waals surface area (Å²) in [6.45, 7) is 0.154. The molecule has 0 fully saturated rings. The Hall–Kier alpha value is -2.10. The monoisotopic (exact) mass is 308 g/mol. The Labute approximate surface area is 133 Å². The minimum absolute atomic E-state index is 0.0375. The number of fused-ring (bicyclic) bond motifs is 1. The lowest BCUT2D eigenvalue weighted by Crippen LogP contribution is -2.02. The number of benzene rings is 3. The van der Waals surface area contributed by atoms with Crippen molar-refractivity contribution in [3.05, 3.63) is 77.9 Å². The molecular weight excluding hydrogens is 292 g/mol. The van der Waals surface area contributed by atoms with Crippen LogP contribution in [0.1, 0.15) is 15.9 Å². The van der Waals surface area contributed by atoms with Crippen molar-refractivity contribution >= 4 is 28.3 Å². The van der Waals surface area contributed by atoms with Crippen LogP contribution in [0.5, 0.6) is 0 Å². The summed E-state index contributed by atoms with van der Waals surface area (Å²) in [6.07, 6.45) is 0. The molecule has 0 heterocycles. The SMILES string of the molecule is O=C(c1ccc(SCCO)cc1)c1cccc2ccccc12. The minimum Gasteiger partial charge on any atom is -0.396 e. The smallest absolute Gasteiger partial charge is 0.193 e. The van der Waals surface area contributed by atoms with Crippen LogP contribution >= 0.6 is 11.8 Å². The third-order valence-corrected chi connectivity index (χ3v) is 4.50. The fraction of sp³-hybridized carbons (Fsp3) is 0.105. The minimum atomic E-state index is 0.0375. The summed E-state index contributed by atoms with van der Waals surface area (Å²) in [5, 5.41) is 10.9. The summed E-state index contributed by atoms with van der Waals surface area (Å²) in [7, 11) is 0. The van der Waals surface area contributed by atoms with E-state index in [1.165, 1.54) is 0 Å². The zero-order valence-electron chi connectivity index (χ0n) is 12.0. The van der Waals surface area contributed by atoms with E-state index in [0.29, 0.717) is 11.3 Å². The van der Waals surface area contributed by atoms with Crippen LogP contribution in [0.15, 0.2) is 71.6 Å². The number of aliphatic hydroxyl groups is 1. The molecule has 0 aliphatic heterocycles. The van der Waals surface area contributed by atoms with Crippen molar-refractivity contribution in [3.8, 4) is 0 Å². The zero-order valence-corrected chi connectivity index (χ0v) is 12.8. The number of thioether (sulfide) groups is 1. The van der Waals surface area contributed by atoms with Crippen molar-refractivity contribution in [2.45, 2.75) is 4.90 Å². The highest BCUT2D eigenvalue weighted by atomic mass is 32.2. The molecule has 0 saturated heterocycles. The number of rotatable bonds is 5. The Bertz CT molecular complexity index is 789. The van der Waals surface area contributed by atoms with Crippen molar-refractivity contribution in [1.82, 2.24) is 0 Å². The molecule has 3 aromatic rings. The van der Waals surface area contributed by atoms with Crippen molar-refractivity contribution < 1.29 is 9.90 Å². The number of ketones is 1. The second-order valence-electron chi connectivity index (χ2n) is 4.95. The van der Waals surface area contributed by atoms with Gasteiger partial charge in [-0.2, -0.15) is 0 Å². The molecule has 0 aliphatic rings. The molecule has 1 N–H and O–H groups in total. The third-order valence-electron chi connectivity index (χ3n) is 3.51. The van der Waals surface area contributed by atoms with Gasteiger partial charge in [0.15, 0.2) is 5.78 Å². The molecule has 2 nitrogen and oxygen atoms in total. The maximum absolute atomic E-state index is 12.7. The van der Waals surface area contributed by atoms with E-state index < -0.39 is 0 Å². The van der Waals surface area contributed by atoms with E-state index in [9.17, 15) is 4.79 Å². The average molecular weight is 308 g/mol. The van der Waals surface area contributed by atoms with E-state index in [0.717, 1.165) is 21.2 Å². The third kappa shape index (κ3) is 3.06. The molecule has 0 bridgehead atoms. The Morgan fingerprint density at radius 1 is 0.909 bits per heavy atom. The van der Waals surface area contributed by atoms with Gasteiger partial charge in [-0.05, 0) is 35.0 Å². The normalized spacial score (nSPS) is 10.8. The van der Waals surface area contributed by atoms with Crippen LogP contribution in [0.2, 0.25) is 0 Å². The van der Waals surface area contributed by atoms with Gasteiger partial charge in [0, 0.05) is 21.8 Å². The van der Waals surface area contributed by atoms with Crippen molar-refractivity contribution in [3.63, 3.8) is 0 Å². The molecule has 0 saturated carbocycles. The van der Waals surface area contributed by atoms with Crippen LogP contribution < -0.4 is 0 Å². The van der Waals surface area contributed by atoms with Crippen LogP contribution in [-0.4, -0.2) is 23.2 Å². The first-order chi connectivity index (χ1) is 10.8. The second-order valence-corrected chi connectivity index (χ2v) is 6.12. The molecule has 3 heteroatoms. The molecule has 3 aromatic carbocycles. The molecule has 0 atom stereocenters. The number of hydrogen-bond donors (Lipinski definition) is 1. The van der Waals surface area contributed by atoms with Gasteiger partial charge >= 0.3 is 0 Å². The predicted octanol–water partition coefficient (Wildman–Crippen LogP) is 4.16. The molecule has 110 valence electrons. The van der Waals surface area contributed by atoms with Crippen LogP contribution in [0.3, 0.4) is 0 Å². The molecule has 0 unspecified atom stereocenters. The van der Waals surface area contributed by atoms with Gasteiger partial charge in [-0.1, -0.05) is 42.5 Å². The lowest BCUT2D eigenvalue weighted by atomic mass is 9.97. The summed E-state index contributed by atoms with van der Waals surface area (Å²) < 4.78 is 0. The van der Waals surface area contributed by atoms with Gasteiger partial charge in [-0.3, -0.25) is 4.79 Å². The van der Waals surface area contributed by atoms with Crippen molar-refractivity contribution in [2.75, 3.05) is 12.4 Å². The number of aliphatic hydroxyl groups excluding tert-OH is 1. The van der Waals surface area contributed by atoms with E-state index in [2.05, 4.69) is 0 Å². The number of carbonyl (C=O) groups is 1. The molecule has 0 aliphatic carbocycles. The molecule has 0 aromatic heterocycles. The molecule has 3 rings (SSSR count). The predicted molar refractivity (Wildman–Crippen MR) is 91.6 cm³/mol. The maximum atomic E-state index is 12.7. The summed E-state index contributed by atoms with van der Waals surface area (Å²) in [6, 6.07) is 21.3.